The van der Waals surface area contributed by atoms with Crippen molar-refractivity contribution < 1.29 is 22.9 Å². The van der Waals surface area contributed by atoms with E-state index in [4.69, 9.17) is 0 Å². The third kappa shape index (κ3) is 6.59. The Morgan fingerprint density at radius 1 is 0.600 bits per heavy atom. The SMILES string of the molecule is C1=CC[C]([Hf][C]2=CC=CC2)=C1.c1ccc(CCc2ccccc2)cc1. The van der Waals surface area contributed by atoms with Gasteiger partial charge in [-0.05, 0) is 24.0 Å². The topological polar surface area (TPSA) is 0 Å². The van der Waals surface area contributed by atoms with E-state index in [1.165, 1.54) is 24.0 Å². The van der Waals surface area contributed by atoms with Crippen molar-refractivity contribution in [2.24, 2.45) is 0 Å². The van der Waals surface area contributed by atoms with E-state index >= 15 is 0 Å². The van der Waals surface area contributed by atoms with Gasteiger partial charge in [0.25, 0.3) is 0 Å². The van der Waals surface area contributed by atoms with Gasteiger partial charge in [-0.3, -0.25) is 0 Å². The van der Waals surface area contributed by atoms with Crippen LogP contribution < -0.4 is 0 Å². The van der Waals surface area contributed by atoms with Crippen LogP contribution >= 0.6 is 0 Å². The molecule has 0 radical (unpaired) electrons. The summed E-state index contributed by atoms with van der Waals surface area (Å²) in [5, 5.41) is 0. The van der Waals surface area contributed by atoms with Gasteiger partial charge in [0.1, 0.15) is 0 Å². The monoisotopic (exact) mass is 492 g/mol. The molecule has 0 fully saturated rings. The molecule has 2 aromatic carbocycles. The Labute approximate surface area is 163 Å². The summed E-state index contributed by atoms with van der Waals surface area (Å²) in [6.07, 6.45) is 18.3. The second-order valence-corrected chi connectivity index (χ2v) is 11.8. The van der Waals surface area contributed by atoms with Crippen molar-refractivity contribution in [2.45, 2.75) is 25.7 Å². The first-order valence-electron chi connectivity index (χ1n) is 8.96. The first-order valence-corrected chi connectivity index (χ1v) is 12.6. The number of hydrogen-bond acceptors (Lipinski definition) is 0. The normalized spacial score (nSPS) is 14.6. The first kappa shape index (κ1) is 18.1. The van der Waals surface area contributed by atoms with E-state index in [0.717, 1.165) is 12.8 Å². The molecular weight excluding hydrogens is 467 g/mol. The molecule has 0 aromatic heterocycles. The molecule has 0 amide bonds. The van der Waals surface area contributed by atoms with Gasteiger partial charge in [0.2, 0.25) is 0 Å². The average molecular weight is 491 g/mol. The van der Waals surface area contributed by atoms with Crippen LogP contribution in [0.3, 0.4) is 0 Å². The molecule has 124 valence electrons. The molecule has 0 saturated heterocycles. The number of hydrogen-bond donors (Lipinski definition) is 0. The molecule has 1 heteroatoms. The Bertz CT molecular complexity index is 697. The molecule has 2 aromatic rings. The number of rotatable bonds is 5. The van der Waals surface area contributed by atoms with Gasteiger partial charge in [0, 0.05) is 0 Å². The zero-order chi connectivity index (χ0) is 17.2. The van der Waals surface area contributed by atoms with E-state index < -0.39 is 22.9 Å². The average Bonchev–Trinajstić information content (AvgIpc) is 3.37. The molecule has 2 aliphatic rings. The van der Waals surface area contributed by atoms with E-state index in [1.54, 1.807) is 6.66 Å². The van der Waals surface area contributed by atoms with E-state index in [1.807, 2.05) is 0 Å². The minimum absolute atomic E-state index is 0.526. The van der Waals surface area contributed by atoms with Gasteiger partial charge in [-0.25, -0.2) is 0 Å². The van der Waals surface area contributed by atoms with Gasteiger partial charge in [0.05, 0.1) is 0 Å². The van der Waals surface area contributed by atoms with Crippen molar-refractivity contribution in [3.05, 3.63) is 115 Å². The summed E-state index contributed by atoms with van der Waals surface area (Å²) in [5.74, 6) is 0. The molecule has 0 atom stereocenters. The second kappa shape index (κ2) is 10.3. The third-order valence-electron chi connectivity index (χ3n) is 4.25. The number of aryl methyl sites for hydroxylation is 2. The van der Waals surface area contributed by atoms with Crippen molar-refractivity contribution in [2.75, 3.05) is 0 Å². The molecule has 0 spiro atoms. The fraction of sp³-hybridized carbons (Fsp3) is 0.167. The van der Waals surface area contributed by atoms with Crippen molar-refractivity contribution >= 4 is 0 Å². The van der Waals surface area contributed by atoms with Crippen LogP contribution in [-0.2, 0) is 35.7 Å². The summed E-state index contributed by atoms with van der Waals surface area (Å²) in [6, 6.07) is 21.2. The summed E-state index contributed by atoms with van der Waals surface area (Å²) in [6.45, 7) is 0. The summed E-state index contributed by atoms with van der Waals surface area (Å²) in [7, 11) is 0. The Morgan fingerprint density at radius 3 is 1.40 bits per heavy atom. The van der Waals surface area contributed by atoms with Crippen LogP contribution in [-0.4, -0.2) is 0 Å². The Kier molecular flexibility index (Phi) is 7.45. The van der Waals surface area contributed by atoms with Crippen molar-refractivity contribution in [1.29, 1.82) is 0 Å². The van der Waals surface area contributed by atoms with Crippen LogP contribution in [0.25, 0.3) is 0 Å². The Hall–Kier alpha value is -1.73. The molecular formula is C24H24Hf. The largest absolute Gasteiger partial charge is 0.0622 e. The summed E-state index contributed by atoms with van der Waals surface area (Å²) >= 11 is -0.526. The minimum Gasteiger partial charge on any atom is -0.0622 e. The molecule has 0 aliphatic heterocycles. The van der Waals surface area contributed by atoms with Gasteiger partial charge in [-0.2, -0.15) is 0 Å². The molecule has 0 unspecified atom stereocenters. The second-order valence-electron chi connectivity index (χ2n) is 6.24. The van der Waals surface area contributed by atoms with Crippen LogP contribution in [0.1, 0.15) is 24.0 Å². The van der Waals surface area contributed by atoms with Crippen molar-refractivity contribution in [3.63, 3.8) is 0 Å². The van der Waals surface area contributed by atoms with Crippen molar-refractivity contribution in [1.82, 2.24) is 0 Å². The molecule has 25 heavy (non-hydrogen) atoms. The smallest absolute Gasteiger partial charge is 0.0238 e. The van der Waals surface area contributed by atoms with Crippen LogP contribution in [0.2, 0.25) is 0 Å². The molecule has 0 nitrogen and oxygen atoms in total. The van der Waals surface area contributed by atoms with Gasteiger partial charge in [0.15, 0.2) is 0 Å². The predicted octanol–water partition coefficient (Wildman–Crippen LogP) is 6.23. The van der Waals surface area contributed by atoms with Crippen LogP contribution in [0, 0.1) is 0 Å². The number of allylic oxidation sites excluding steroid dienone is 8. The third-order valence-corrected chi connectivity index (χ3v) is 9.22. The summed E-state index contributed by atoms with van der Waals surface area (Å²) < 4.78 is 3.50. The Balaban J connectivity index is 0.000000150. The molecule has 0 heterocycles. The van der Waals surface area contributed by atoms with Crippen molar-refractivity contribution in [3.8, 4) is 0 Å². The molecule has 2 aliphatic carbocycles. The Morgan fingerprint density at radius 2 is 1.04 bits per heavy atom. The van der Waals surface area contributed by atoms with Crippen LogP contribution in [0.4, 0.5) is 0 Å². The fourth-order valence-corrected chi connectivity index (χ4v) is 7.22. The minimum atomic E-state index is -0.526. The quantitative estimate of drug-likeness (QED) is 0.436. The summed E-state index contributed by atoms with van der Waals surface area (Å²) in [5.41, 5.74) is 2.83. The van der Waals surface area contributed by atoms with Gasteiger partial charge in [-0.15, -0.1) is 0 Å². The maximum atomic E-state index is 2.32. The molecule has 4 rings (SSSR count). The van der Waals surface area contributed by atoms with Crippen LogP contribution in [0.15, 0.2) is 104 Å². The maximum absolute atomic E-state index is 2.32. The molecule has 0 N–H and O–H groups in total. The predicted molar refractivity (Wildman–Crippen MR) is 104 cm³/mol. The van der Waals surface area contributed by atoms with Gasteiger partial charge < -0.3 is 0 Å². The van der Waals surface area contributed by atoms with E-state index in [2.05, 4.69) is 97.1 Å². The van der Waals surface area contributed by atoms with Gasteiger partial charge in [-0.1, -0.05) is 60.7 Å². The first-order chi connectivity index (χ1) is 12.4. The zero-order valence-electron chi connectivity index (χ0n) is 14.6. The number of benzene rings is 2. The zero-order valence-corrected chi connectivity index (χ0v) is 18.2. The molecule has 0 bridgehead atoms. The van der Waals surface area contributed by atoms with E-state index in [0.29, 0.717) is 0 Å². The standard InChI is InChI=1S/C14H14.2C5H5.Hf/c1-3-7-13(8-4-1)11-12-14-9-5-2-6-10-14;2*1-2-4-5-3-1;/h1-10H,11-12H2;2*1-3H,4H2;. The summed E-state index contributed by atoms with van der Waals surface area (Å²) in [4.78, 5) is 0. The van der Waals surface area contributed by atoms with Gasteiger partial charge >= 0.3 is 78.9 Å². The fourth-order valence-electron chi connectivity index (χ4n) is 2.86. The van der Waals surface area contributed by atoms with E-state index in [9.17, 15) is 0 Å². The maximum Gasteiger partial charge on any atom is -0.0238 e. The van der Waals surface area contributed by atoms with E-state index in [-0.39, 0.29) is 0 Å². The molecule has 0 saturated carbocycles. The van der Waals surface area contributed by atoms with Crippen LogP contribution in [0.5, 0.6) is 0 Å².